The van der Waals surface area contributed by atoms with Gasteiger partial charge in [-0.3, -0.25) is 0 Å². The van der Waals surface area contributed by atoms with Gasteiger partial charge >= 0.3 is 0 Å². The van der Waals surface area contributed by atoms with Crippen molar-refractivity contribution in [3.63, 3.8) is 0 Å². The molecule has 19 heavy (non-hydrogen) atoms. The monoisotopic (exact) mass is 358 g/mol. The zero-order chi connectivity index (χ0) is 13.7. The van der Waals surface area contributed by atoms with Gasteiger partial charge in [-0.05, 0) is 42.7 Å². The lowest BCUT2D eigenvalue weighted by molar-refractivity contribution is 0.311. The third kappa shape index (κ3) is 4.41. The maximum absolute atomic E-state index is 6.03. The Morgan fingerprint density at radius 3 is 2.21 bits per heavy atom. The highest BCUT2D eigenvalue weighted by molar-refractivity contribution is 9.10. The van der Waals surface area contributed by atoms with E-state index in [2.05, 4.69) is 28.1 Å². The summed E-state index contributed by atoms with van der Waals surface area (Å²) in [6, 6.07) is 13.6. The summed E-state index contributed by atoms with van der Waals surface area (Å²) in [4.78, 5) is 0. The molecule has 2 rings (SSSR count). The van der Waals surface area contributed by atoms with Gasteiger partial charge in [0.15, 0.2) is 5.75 Å². The first-order valence-electron chi connectivity index (χ1n) is 5.98. The average molecular weight is 360 g/mol. The standard InChI is InChI=1S/C15H13BrCl2O/c16-12-8-6-11(7-9-12)3-2-10-19-15-13(17)4-1-5-14(15)18/h1,4-9H,2-3,10H2. The highest BCUT2D eigenvalue weighted by Crippen LogP contribution is 2.32. The number of rotatable bonds is 5. The van der Waals surface area contributed by atoms with E-state index in [1.807, 2.05) is 12.1 Å². The summed E-state index contributed by atoms with van der Waals surface area (Å²) in [5.74, 6) is 0.571. The fraction of sp³-hybridized carbons (Fsp3) is 0.200. The molecule has 100 valence electrons. The van der Waals surface area contributed by atoms with Crippen molar-refractivity contribution in [3.8, 4) is 5.75 Å². The number of hydrogen-bond donors (Lipinski definition) is 0. The summed E-state index contributed by atoms with van der Waals surface area (Å²) < 4.78 is 6.73. The SMILES string of the molecule is Clc1cccc(Cl)c1OCCCc1ccc(Br)cc1. The van der Waals surface area contributed by atoms with Crippen LogP contribution in [0, 0.1) is 0 Å². The molecular formula is C15H13BrCl2O. The second-order valence-electron chi connectivity index (χ2n) is 4.13. The molecule has 0 N–H and O–H groups in total. The Balaban J connectivity index is 1.82. The van der Waals surface area contributed by atoms with Crippen LogP contribution < -0.4 is 4.74 Å². The predicted molar refractivity (Wildman–Crippen MR) is 84.4 cm³/mol. The minimum Gasteiger partial charge on any atom is -0.490 e. The predicted octanol–water partition coefficient (Wildman–Crippen LogP) is 5.77. The molecule has 0 aliphatic rings. The van der Waals surface area contributed by atoms with Gasteiger partial charge in [-0.15, -0.1) is 0 Å². The first kappa shape index (κ1) is 14.7. The maximum Gasteiger partial charge on any atom is 0.156 e. The minimum atomic E-state index is 0.552. The molecule has 0 saturated heterocycles. The lowest BCUT2D eigenvalue weighted by atomic mass is 10.1. The van der Waals surface area contributed by atoms with Crippen molar-refractivity contribution in [2.75, 3.05) is 6.61 Å². The highest BCUT2D eigenvalue weighted by Gasteiger charge is 2.05. The number of ether oxygens (including phenoxy) is 1. The Hall–Kier alpha value is -0.700. The number of aryl methyl sites for hydroxylation is 1. The second kappa shape index (κ2) is 7.18. The highest BCUT2D eigenvalue weighted by atomic mass is 79.9. The van der Waals surface area contributed by atoms with Crippen LogP contribution in [-0.4, -0.2) is 6.61 Å². The van der Waals surface area contributed by atoms with Crippen molar-refractivity contribution in [1.29, 1.82) is 0 Å². The molecule has 0 fully saturated rings. The molecule has 1 nitrogen and oxygen atoms in total. The van der Waals surface area contributed by atoms with Gasteiger partial charge in [-0.2, -0.15) is 0 Å². The summed E-state index contributed by atoms with van der Waals surface area (Å²) in [6.45, 7) is 0.597. The van der Waals surface area contributed by atoms with Crippen molar-refractivity contribution in [2.24, 2.45) is 0 Å². The Bertz CT molecular complexity index is 520. The normalized spacial score (nSPS) is 10.5. The Morgan fingerprint density at radius 1 is 0.947 bits per heavy atom. The van der Waals surface area contributed by atoms with Crippen LogP contribution >= 0.6 is 39.1 Å². The third-order valence-electron chi connectivity index (χ3n) is 2.69. The van der Waals surface area contributed by atoms with E-state index < -0.39 is 0 Å². The summed E-state index contributed by atoms with van der Waals surface area (Å²) in [7, 11) is 0. The van der Waals surface area contributed by atoms with Gasteiger partial charge in [0, 0.05) is 4.47 Å². The van der Waals surface area contributed by atoms with Crippen LogP contribution in [0.3, 0.4) is 0 Å². The summed E-state index contributed by atoms with van der Waals surface area (Å²) in [6.07, 6.45) is 1.89. The molecule has 0 spiro atoms. The van der Waals surface area contributed by atoms with Gasteiger partial charge in [-0.25, -0.2) is 0 Å². The van der Waals surface area contributed by atoms with Crippen LogP contribution in [0.1, 0.15) is 12.0 Å². The zero-order valence-electron chi connectivity index (χ0n) is 10.2. The molecule has 0 heterocycles. The smallest absolute Gasteiger partial charge is 0.156 e. The lowest BCUT2D eigenvalue weighted by Gasteiger charge is -2.09. The molecule has 0 aliphatic carbocycles. The van der Waals surface area contributed by atoms with Crippen molar-refractivity contribution >= 4 is 39.1 Å². The van der Waals surface area contributed by atoms with Crippen LogP contribution in [0.15, 0.2) is 46.9 Å². The summed E-state index contributed by atoms with van der Waals surface area (Å²) in [5, 5.41) is 1.10. The van der Waals surface area contributed by atoms with Crippen LogP contribution in [0.2, 0.25) is 10.0 Å². The fourth-order valence-electron chi connectivity index (χ4n) is 1.72. The Kier molecular flexibility index (Phi) is 5.56. The van der Waals surface area contributed by atoms with E-state index in [0.29, 0.717) is 22.4 Å². The van der Waals surface area contributed by atoms with Crippen molar-refractivity contribution in [1.82, 2.24) is 0 Å². The van der Waals surface area contributed by atoms with Gasteiger partial charge in [0.1, 0.15) is 0 Å². The molecule has 0 atom stereocenters. The van der Waals surface area contributed by atoms with Crippen LogP contribution in [0.5, 0.6) is 5.75 Å². The molecule has 0 aliphatic heterocycles. The van der Waals surface area contributed by atoms with Gasteiger partial charge in [0.2, 0.25) is 0 Å². The Morgan fingerprint density at radius 2 is 1.58 bits per heavy atom. The fourth-order valence-corrected chi connectivity index (χ4v) is 2.49. The van der Waals surface area contributed by atoms with Crippen molar-refractivity contribution in [3.05, 3.63) is 62.5 Å². The molecule has 0 saturated carbocycles. The van der Waals surface area contributed by atoms with Crippen molar-refractivity contribution in [2.45, 2.75) is 12.8 Å². The average Bonchev–Trinajstić information content (AvgIpc) is 2.39. The van der Waals surface area contributed by atoms with E-state index in [9.17, 15) is 0 Å². The first-order chi connectivity index (χ1) is 9.16. The van der Waals surface area contributed by atoms with Crippen LogP contribution in [0.4, 0.5) is 0 Å². The molecule has 0 amide bonds. The zero-order valence-corrected chi connectivity index (χ0v) is 13.3. The minimum absolute atomic E-state index is 0.552. The molecular weight excluding hydrogens is 347 g/mol. The van der Waals surface area contributed by atoms with Crippen molar-refractivity contribution < 1.29 is 4.74 Å². The van der Waals surface area contributed by atoms with Gasteiger partial charge in [-0.1, -0.05) is 57.3 Å². The largest absolute Gasteiger partial charge is 0.490 e. The van der Waals surface area contributed by atoms with E-state index in [1.54, 1.807) is 18.2 Å². The van der Waals surface area contributed by atoms with Gasteiger partial charge in [0.25, 0.3) is 0 Å². The summed E-state index contributed by atoms with van der Waals surface area (Å²) in [5.41, 5.74) is 1.29. The molecule has 0 unspecified atom stereocenters. The lowest BCUT2D eigenvalue weighted by Crippen LogP contribution is -2.00. The van der Waals surface area contributed by atoms with E-state index in [0.717, 1.165) is 17.3 Å². The van der Waals surface area contributed by atoms with E-state index in [1.165, 1.54) is 5.56 Å². The Labute approximate surface area is 131 Å². The quantitative estimate of drug-likeness (QED) is 0.616. The molecule has 2 aromatic carbocycles. The number of para-hydroxylation sites is 1. The molecule has 4 heteroatoms. The van der Waals surface area contributed by atoms with E-state index >= 15 is 0 Å². The molecule has 0 bridgehead atoms. The first-order valence-corrected chi connectivity index (χ1v) is 7.53. The van der Waals surface area contributed by atoms with Gasteiger partial charge in [0.05, 0.1) is 16.7 Å². The molecule has 0 radical (unpaired) electrons. The topological polar surface area (TPSA) is 9.23 Å². The van der Waals surface area contributed by atoms with E-state index in [4.69, 9.17) is 27.9 Å². The maximum atomic E-state index is 6.03. The van der Waals surface area contributed by atoms with E-state index in [-0.39, 0.29) is 0 Å². The number of halogens is 3. The molecule has 2 aromatic rings. The van der Waals surface area contributed by atoms with Crippen LogP contribution in [0.25, 0.3) is 0 Å². The second-order valence-corrected chi connectivity index (χ2v) is 5.86. The third-order valence-corrected chi connectivity index (χ3v) is 3.81. The number of hydrogen-bond acceptors (Lipinski definition) is 1. The van der Waals surface area contributed by atoms with Crippen LogP contribution in [-0.2, 0) is 6.42 Å². The number of benzene rings is 2. The molecule has 0 aromatic heterocycles. The summed E-state index contributed by atoms with van der Waals surface area (Å²) >= 11 is 15.5. The van der Waals surface area contributed by atoms with Gasteiger partial charge < -0.3 is 4.74 Å².